The quantitative estimate of drug-likeness (QED) is 0.626. The van der Waals surface area contributed by atoms with Crippen LogP contribution in [-0.4, -0.2) is 13.1 Å². The average molecular weight is 275 g/mol. The molecule has 0 heterocycles. The number of esters is 1. The SMILES string of the molecule is COC(=O)C(C)c1ccc(CBr)cc1F. The van der Waals surface area contributed by atoms with Gasteiger partial charge in [0.2, 0.25) is 0 Å². The predicted octanol–water partition coefficient (Wildman–Crippen LogP) is 3.00. The normalized spacial score (nSPS) is 12.3. The van der Waals surface area contributed by atoms with Gasteiger partial charge in [0.25, 0.3) is 0 Å². The molecule has 15 heavy (non-hydrogen) atoms. The molecule has 1 aromatic rings. The van der Waals surface area contributed by atoms with Gasteiger partial charge >= 0.3 is 5.97 Å². The lowest BCUT2D eigenvalue weighted by molar-refractivity contribution is -0.142. The fourth-order valence-electron chi connectivity index (χ4n) is 1.31. The van der Waals surface area contributed by atoms with Gasteiger partial charge < -0.3 is 4.74 Å². The first-order valence-electron chi connectivity index (χ1n) is 4.52. The third-order valence-electron chi connectivity index (χ3n) is 2.24. The van der Waals surface area contributed by atoms with Crippen LogP contribution in [0.1, 0.15) is 24.0 Å². The van der Waals surface area contributed by atoms with Crippen molar-refractivity contribution in [2.24, 2.45) is 0 Å². The minimum Gasteiger partial charge on any atom is -0.469 e. The summed E-state index contributed by atoms with van der Waals surface area (Å²) in [5.74, 6) is -1.37. The molecule has 0 fully saturated rings. The average Bonchev–Trinajstić information content (AvgIpc) is 2.26. The molecule has 0 aromatic heterocycles. The van der Waals surface area contributed by atoms with E-state index in [0.717, 1.165) is 5.56 Å². The number of carbonyl (C=O) groups is 1. The Balaban J connectivity index is 3.00. The summed E-state index contributed by atoms with van der Waals surface area (Å²) in [6.45, 7) is 1.62. The second-order valence-corrected chi connectivity index (χ2v) is 3.80. The van der Waals surface area contributed by atoms with Crippen LogP contribution in [0.3, 0.4) is 0 Å². The first kappa shape index (κ1) is 12.2. The van der Waals surface area contributed by atoms with Crippen molar-refractivity contribution in [2.75, 3.05) is 7.11 Å². The van der Waals surface area contributed by atoms with Crippen LogP contribution < -0.4 is 0 Å². The molecular weight excluding hydrogens is 263 g/mol. The van der Waals surface area contributed by atoms with Gasteiger partial charge in [-0.2, -0.15) is 0 Å². The number of alkyl halides is 1. The van der Waals surface area contributed by atoms with Crippen LogP contribution in [0.25, 0.3) is 0 Å². The molecular formula is C11H12BrFO2. The second-order valence-electron chi connectivity index (χ2n) is 3.23. The fraction of sp³-hybridized carbons (Fsp3) is 0.364. The highest BCUT2D eigenvalue weighted by atomic mass is 79.9. The largest absolute Gasteiger partial charge is 0.469 e. The number of benzene rings is 1. The Morgan fingerprint density at radius 1 is 1.60 bits per heavy atom. The van der Waals surface area contributed by atoms with Gasteiger partial charge in [0.1, 0.15) is 5.82 Å². The van der Waals surface area contributed by atoms with Gasteiger partial charge in [-0.1, -0.05) is 28.1 Å². The molecule has 0 saturated heterocycles. The van der Waals surface area contributed by atoms with Crippen molar-refractivity contribution in [3.63, 3.8) is 0 Å². The zero-order valence-electron chi connectivity index (χ0n) is 8.59. The number of methoxy groups -OCH3 is 1. The van der Waals surface area contributed by atoms with Gasteiger partial charge in [-0.3, -0.25) is 4.79 Å². The highest BCUT2D eigenvalue weighted by Crippen LogP contribution is 2.22. The van der Waals surface area contributed by atoms with E-state index >= 15 is 0 Å². The van der Waals surface area contributed by atoms with Crippen molar-refractivity contribution in [2.45, 2.75) is 18.2 Å². The first-order chi connectivity index (χ1) is 7.10. The Hall–Kier alpha value is -0.900. The lowest BCUT2D eigenvalue weighted by Gasteiger charge is -2.11. The Kier molecular flexibility index (Phi) is 4.27. The molecule has 0 spiro atoms. The van der Waals surface area contributed by atoms with E-state index < -0.39 is 11.9 Å². The minimum absolute atomic E-state index is 0.367. The lowest BCUT2D eigenvalue weighted by Crippen LogP contribution is -2.12. The van der Waals surface area contributed by atoms with E-state index in [1.165, 1.54) is 13.2 Å². The van der Waals surface area contributed by atoms with Crippen molar-refractivity contribution < 1.29 is 13.9 Å². The van der Waals surface area contributed by atoms with Gasteiger partial charge in [0.05, 0.1) is 13.0 Å². The summed E-state index contributed by atoms with van der Waals surface area (Å²) in [5, 5.41) is 0.594. The molecule has 1 atom stereocenters. The molecule has 0 radical (unpaired) electrons. The molecule has 82 valence electrons. The molecule has 2 nitrogen and oxygen atoms in total. The molecule has 1 unspecified atom stereocenters. The summed E-state index contributed by atoms with van der Waals surface area (Å²) in [4.78, 5) is 11.2. The number of hydrogen-bond acceptors (Lipinski definition) is 2. The smallest absolute Gasteiger partial charge is 0.312 e. The van der Waals surface area contributed by atoms with Crippen LogP contribution in [0.2, 0.25) is 0 Å². The van der Waals surface area contributed by atoms with Crippen LogP contribution in [0.15, 0.2) is 18.2 Å². The summed E-state index contributed by atoms with van der Waals surface area (Å²) >= 11 is 3.24. The van der Waals surface area contributed by atoms with Crippen molar-refractivity contribution in [1.29, 1.82) is 0 Å². The maximum absolute atomic E-state index is 13.6. The third kappa shape index (κ3) is 2.78. The van der Waals surface area contributed by atoms with Gasteiger partial charge in [-0.15, -0.1) is 0 Å². The Morgan fingerprint density at radius 2 is 2.27 bits per heavy atom. The van der Waals surface area contributed by atoms with Crippen LogP contribution in [0, 0.1) is 5.82 Å². The van der Waals surface area contributed by atoms with Crippen molar-refractivity contribution in [3.8, 4) is 0 Å². The summed E-state index contributed by atoms with van der Waals surface area (Å²) in [7, 11) is 1.30. The van der Waals surface area contributed by atoms with E-state index in [-0.39, 0.29) is 5.82 Å². The topological polar surface area (TPSA) is 26.3 Å². The van der Waals surface area contributed by atoms with Crippen LogP contribution in [0.4, 0.5) is 4.39 Å². The predicted molar refractivity (Wildman–Crippen MR) is 59.5 cm³/mol. The molecule has 0 amide bonds. The highest BCUT2D eigenvalue weighted by Gasteiger charge is 2.19. The zero-order chi connectivity index (χ0) is 11.4. The number of rotatable bonds is 3. The van der Waals surface area contributed by atoms with Crippen LogP contribution in [0.5, 0.6) is 0 Å². The number of halogens is 2. The maximum Gasteiger partial charge on any atom is 0.312 e. The standard InChI is InChI=1S/C11H12BrFO2/c1-7(11(14)15-2)9-4-3-8(6-12)5-10(9)13/h3-5,7H,6H2,1-2H3. The Bertz CT molecular complexity index is 366. The van der Waals surface area contributed by atoms with Crippen molar-refractivity contribution in [3.05, 3.63) is 35.1 Å². The van der Waals surface area contributed by atoms with E-state index in [1.54, 1.807) is 19.1 Å². The number of carbonyl (C=O) groups excluding carboxylic acids is 1. The van der Waals surface area contributed by atoms with E-state index in [0.29, 0.717) is 10.9 Å². The maximum atomic E-state index is 13.6. The minimum atomic E-state index is -0.570. The summed E-state index contributed by atoms with van der Waals surface area (Å²) in [6, 6.07) is 4.82. The second kappa shape index (κ2) is 5.26. The molecule has 1 rings (SSSR count). The summed E-state index contributed by atoms with van der Waals surface area (Å²) in [6.07, 6.45) is 0. The molecule has 4 heteroatoms. The Morgan fingerprint density at radius 3 is 2.73 bits per heavy atom. The Labute approximate surface area is 96.6 Å². The van der Waals surface area contributed by atoms with E-state index in [4.69, 9.17) is 0 Å². The fourth-order valence-corrected chi connectivity index (χ4v) is 1.66. The van der Waals surface area contributed by atoms with Gasteiger partial charge in [-0.25, -0.2) is 4.39 Å². The van der Waals surface area contributed by atoms with Gasteiger partial charge in [-0.05, 0) is 18.6 Å². The van der Waals surface area contributed by atoms with E-state index in [1.807, 2.05) is 0 Å². The monoisotopic (exact) mass is 274 g/mol. The third-order valence-corrected chi connectivity index (χ3v) is 2.89. The number of ether oxygens (including phenoxy) is 1. The van der Waals surface area contributed by atoms with E-state index in [9.17, 15) is 9.18 Å². The van der Waals surface area contributed by atoms with Crippen molar-refractivity contribution >= 4 is 21.9 Å². The molecule has 1 aromatic carbocycles. The van der Waals surface area contributed by atoms with Crippen LogP contribution in [-0.2, 0) is 14.9 Å². The lowest BCUT2D eigenvalue weighted by atomic mass is 9.99. The van der Waals surface area contributed by atoms with Gasteiger partial charge in [0, 0.05) is 10.9 Å². The highest BCUT2D eigenvalue weighted by molar-refractivity contribution is 9.08. The van der Waals surface area contributed by atoms with Crippen LogP contribution >= 0.6 is 15.9 Å². The number of hydrogen-bond donors (Lipinski definition) is 0. The molecule has 0 aliphatic rings. The van der Waals surface area contributed by atoms with Crippen molar-refractivity contribution in [1.82, 2.24) is 0 Å². The van der Waals surface area contributed by atoms with Gasteiger partial charge in [0.15, 0.2) is 0 Å². The molecule has 0 aliphatic carbocycles. The first-order valence-corrected chi connectivity index (χ1v) is 5.64. The summed E-state index contributed by atoms with van der Waals surface area (Å²) in [5.41, 5.74) is 1.21. The van der Waals surface area contributed by atoms with E-state index in [2.05, 4.69) is 20.7 Å². The molecule has 0 N–H and O–H groups in total. The zero-order valence-corrected chi connectivity index (χ0v) is 10.2. The molecule has 0 bridgehead atoms. The molecule has 0 saturated carbocycles. The molecule has 0 aliphatic heterocycles. The summed E-state index contributed by atoms with van der Waals surface area (Å²) < 4.78 is 18.1.